The Morgan fingerprint density at radius 1 is 1.21 bits per heavy atom. The van der Waals surface area contributed by atoms with E-state index in [0.29, 0.717) is 0 Å². The second-order valence-corrected chi connectivity index (χ2v) is 8.29. The van der Waals surface area contributed by atoms with Gasteiger partial charge >= 0.3 is 6.18 Å². The molecule has 136 valence electrons. The van der Waals surface area contributed by atoms with Gasteiger partial charge in [-0.05, 0) is 39.0 Å². The summed E-state index contributed by atoms with van der Waals surface area (Å²) in [6.07, 6.45) is -3.62. The molecule has 5 nitrogen and oxygen atoms in total. The zero-order valence-electron chi connectivity index (χ0n) is 13.9. The number of halogens is 3. The Morgan fingerprint density at radius 2 is 1.79 bits per heavy atom. The fourth-order valence-electron chi connectivity index (χ4n) is 2.20. The predicted octanol–water partition coefficient (Wildman–Crippen LogP) is 3.09. The minimum absolute atomic E-state index is 0.0106. The normalized spacial score (nSPS) is 13.2. The topological polar surface area (TPSA) is 66.5 Å². The maximum atomic E-state index is 12.6. The van der Waals surface area contributed by atoms with Crippen molar-refractivity contribution in [1.29, 1.82) is 0 Å². The van der Waals surface area contributed by atoms with Crippen LogP contribution in [0.15, 0.2) is 24.3 Å². The minimum atomic E-state index is -4.50. The fraction of sp³-hybridized carbons (Fsp3) is 0.533. The minimum Gasteiger partial charge on any atom is -0.326 e. The van der Waals surface area contributed by atoms with E-state index in [1.807, 2.05) is 0 Å². The number of hydrogen-bond donors (Lipinski definition) is 1. The highest BCUT2D eigenvalue weighted by molar-refractivity contribution is 7.88. The SMILES string of the molecule is CC(C)(C)N(CCC(=O)Nc1cccc(C(F)(F)F)c1)S(C)(=O)=O. The third-order valence-corrected chi connectivity index (χ3v) is 4.70. The van der Waals surface area contributed by atoms with Gasteiger partial charge in [0.2, 0.25) is 15.9 Å². The Hall–Kier alpha value is -1.61. The van der Waals surface area contributed by atoms with Crippen LogP contribution in [0.25, 0.3) is 0 Å². The standard InChI is InChI=1S/C15H21F3N2O3S/c1-14(2,3)20(24(4,22)23)9-8-13(21)19-12-7-5-6-11(10-12)15(16,17)18/h5-7,10H,8-9H2,1-4H3,(H,19,21). The van der Waals surface area contributed by atoms with Crippen LogP contribution in [0, 0.1) is 0 Å². The molecule has 0 aliphatic heterocycles. The van der Waals surface area contributed by atoms with Gasteiger partial charge < -0.3 is 5.32 Å². The molecule has 9 heteroatoms. The number of carbonyl (C=O) groups is 1. The van der Waals surface area contributed by atoms with Gasteiger partial charge in [-0.3, -0.25) is 4.79 Å². The van der Waals surface area contributed by atoms with Crippen LogP contribution in [-0.4, -0.2) is 37.0 Å². The highest BCUT2D eigenvalue weighted by Crippen LogP contribution is 2.30. The van der Waals surface area contributed by atoms with Crippen LogP contribution in [0.2, 0.25) is 0 Å². The first-order chi connectivity index (χ1) is 10.7. The largest absolute Gasteiger partial charge is 0.416 e. The van der Waals surface area contributed by atoms with E-state index in [2.05, 4.69) is 5.32 Å². The number of alkyl halides is 3. The van der Waals surface area contributed by atoms with Crippen LogP contribution in [0.4, 0.5) is 18.9 Å². The number of benzene rings is 1. The van der Waals surface area contributed by atoms with Crippen molar-refractivity contribution in [2.45, 2.75) is 38.9 Å². The molecule has 0 bridgehead atoms. The molecule has 1 aromatic rings. The summed E-state index contributed by atoms with van der Waals surface area (Å²) < 4.78 is 62.6. The molecule has 0 saturated carbocycles. The fourth-order valence-corrected chi connectivity index (χ4v) is 3.62. The van der Waals surface area contributed by atoms with Crippen molar-refractivity contribution >= 4 is 21.6 Å². The van der Waals surface area contributed by atoms with E-state index >= 15 is 0 Å². The molecule has 0 fully saturated rings. The van der Waals surface area contributed by atoms with Gasteiger partial charge in [0.1, 0.15) is 0 Å². The number of nitrogens with one attached hydrogen (secondary N) is 1. The van der Waals surface area contributed by atoms with E-state index in [4.69, 9.17) is 0 Å². The molecule has 1 N–H and O–H groups in total. The molecule has 0 aliphatic carbocycles. The molecule has 0 aliphatic rings. The number of sulfonamides is 1. The van der Waals surface area contributed by atoms with Gasteiger partial charge in [0.15, 0.2) is 0 Å². The lowest BCUT2D eigenvalue weighted by molar-refractivity contribution is -0.137. The third-order valence-electron chi connectivity index (χ3n) is 3.16. The molecular weight excluding hydrogens is 345 g/mol. The summed E-state index contributed by atoms with van der Waals surface area (Å²) in [4.78, 5) is 11.9. The van der Waals surface area contributed by atoms with Crippen molar-refractivity contribution in [1.82, 2.24) is 4.31 Å². The van der Waals surface area contributed by atoms with Gasteiger partial charge in [-0.1, -0.05) is 6.07 Å². The molecule has 0 atom stereocenters. The van der Waals surface area contributed by atoms with Crippen LogP contribution >= 0.6 is 0 Å². The first kappa shape index (κ1) is 20.4. The zero-order valence-corrected chi connectivity index (χ0v) is 14.8. The lowest BCUT2D eigenvalue weighted by atomic mass is 10.1. The number of carbonyl (C=O) groups excluding carboxylic acids is 1. The monoisotopic (exact) mass is 366 g/mol. The average molecular weight is 366 g/mol. The van der Waals surface area contributed by atoms with Crippen molar-refractivity contribution in [3.05, 3.63) is 29.8 Å². The van der Waals surface area contributed by atoms with Crippen LogP contribution < -0.4 is 5.32 Å². The molecular formula is C15H21F3N2O3S. The molecule has 24 heavy (non-hydrogen) atoms. The summed E-state index contributed by atoms with van der Waals surface area (Å²) in [6, 6.07) is 4.26. The van der Waals surface area contributed by atoms with Crippen molar-refractivity contribution in [2.24, 2.45) is 0 Å². The quantitative estimate of drug-likeness (QED) is 0.871. The molecule has 0 aromatic heterocycles. The zero-order chi connectivity index (χ0) is 18.8. The van der Waals surface area contributed by atoms with Crippen LogP contribution in [-0.2, 0) is 21.0 Å². The molecule has 1 rings (SSSR count). The van der Waals surface area contributed by atoms with E-state index in [-0.39, 0.29) is 18.7 Å². The summed E-state index contributed by atoms with van der Waals surface area (Å²) in [7, 11) is -3.51. The number of rotatable bonds is 5. The number of nitrogens with zero attached hydrogens (tertiary/aromatic N) is 1. The first-order valence-electron chi connectivity index (χ1n) is 7.16. The predicted molar refractivity (Wildman–Crippen MR) is 86.0 cm³/mol. The van der Waals surface area contributed by atoms with Crippen LogP contribution in [0.5, 0.6) is 0 Å². The summed E-state index contributed by atoms with van der Waals surface area (Å²) in [5.41, 5.74) is -1.56. The lowest BCUT2D eigenvalue weighted by Crippen LogP contribution is -2.46. The first-order valence-corrected chi connectivity index (χ1v) is 9.01. The summed E-state index contributed by atoms with van der Waals surface area (Å²) >= 11 is 0. The van der Waals surface area contributed by atoms with Gasteiger partial charge in [-0.15, -0.1) is 0 Å². The second kappa shape index (κ2) is 7.10. The van der Waals surface area contributed by atoms with Crippen LogP contribution in [0.1, 0.15) is 32.8 Å². The smallest absolute Gasteiger partial charge is 0.326 e. The molecule has 0 spiro atoms. The van der Waals surface area contributed by atoms with E-state index in [1.54, 1.807) is 20.8 Å². The average Bonchev–Trinajstić information content (AvgIpc) is 2.34. The third kappa shape index (κ3) is 6.12. The maximum Gasteiger partial charge on any atom is 0.416 e. The number of amides is 1. The summed E-state index contributed by atoms with van der Waals surface area (Å²) in [5.74, 6) is -0.563. The lowest BCUT2D eigenvalue weighted by Gasteiger charge is -2.33. The molecule has 0 heterocycles. The second-order valence-electron chi connectivity index (χ2n) is 6.38. The van der Waals surface area contributed by atoms with Gasteiger partial charge in [0.25, 0.3) is 0 Å². The van der Waals surface area contributed by atoms with Crippen LogP contribution in [0.3, 0.4) is 0 Å². The Balaban J connectivity index is 2.77. The Kier molecular flexibility index (Phi) is 6.05. The van der Waals surface area contributed by atoms with E-state index in [0.717, 1.165) is 18.4 Å². The van der Waals surface area contributed by atoms with Crippen molar-refractivity contribution in [2.75, 3.05) is 18.1 Å². The van der Waals surface area contributed by atoms with Gasteiger partial charge in [0, 0.05) is 24.2 Å². The van der Waals surface area contributed by atoms with Crippen molar-refractivity contribution in [3.63, 3.8) is 0 Å². The highest BCUT2D eigenvalue weighted by Gasteiger charge is 2.31. The Labute approximate surface area is 139 Å². The van der Waals surface area contributed by atoms with Crippen molar-refractivity contribution < 1.29 is 26.4 Å². The molecule has 1 aromatic carbocycles. The van der Waals surface area contributed by atoms with E-state index < -0.39 is 33.2 Å². The summed E-state index contributed by atoms with van der Waals surface area (Å²) in [6.45, 7) is 5.02. The molecule has 1 amide bonds. The van der Waals surface area contributed by atoms with Gasteiger partial charge in [0.05, 0.1) is 11.8 Å². The number of hydrogen-bond acceptors (Lipinski definition) is 3. The molecule has 0 unspecified atom stereocenters. The van der Waals surface area contributed by atoms with Gasteiger partial charge in [-0.25, -0.2) is 8.42 Å². The molecule has 0 saturated heterocycles. The molecule has 0 radical (unpaired) electrons. The summed E-state index contributed by atoms with van der Waals surface area (Å²) in [5, 5.41) is 2.35. The van der Waals surface area contributed by atoms with Crippen molar-refractivity contribution in [3.8, 4) is 0 Å². The Bertz CT molecular complexity index is 695. The Morgan fingerprint density at radius 3 is 2.25 bits per heavy atom. The number of anilines is 1. The van der Waals surface area contributed by atoms with E-state index in [9.17, 15) is 26.4 Å². The van der Waals surface area contributed by atoms with E-state index in [1.165, 1.54) is 16.4 Å². The maximum absolute atomic E-state index is 12.6. The highest BCUT2D eigenvalue weighted by atomic mass is 32.2. The van der Waals surface area contributed by atoms with Gasteiger partial charge in [-0.2, -0.15) is 17.5 Å².